The van der Waals surface area contributed by atoms with Crippen molar-refractivity contribution < 1.29 is 9.53 Å². The van der Waals surface area contributed by atoms with Gasteiger partial charge in [0, 0.05) is 25.2 Å². The van der Waals surface area contributed by atoms with Gasteiger partial charge in [0.2, 0.25) is 0 Å². The number of nitrogens with one attached hydrogen (secondary N) is 1. The molecular formula is C19H30N2O2. The van der Waals surface area contributed by atoms with Crippen LogP contribution in [0.25, 0.3) is 0 Å². The molecule has 0 radical (unpaired) electrons. The zero-order chi connectivity index (χ0) is 17.0. The Morgan fingerprint density at radius 2 is 2.00 bits per heavy atom. The van der Waals surface area contributed by atoms with Crippen molar-refractivity contribution in [2.45, 2.75) is 65.1 Å². The van der Waals surface area contributed by atoms with E-state index in [9.17, 15) is 4.79 Å². The molecule has 1 fully saturated rings. The summed E-state index contributed by atoms with van der Waals surface area (Å²) < 4.78 is 5.52. The van der Waals surface area contributed by atoms with Gasteiger partial charge in [0.15, 0.2) is 0 Å². The Morgan fingerprint density at radius 3 is 2.61 bits per heavy atom. The Balaban J connectivity index is 1.88. The summed E-state index contributed by atoms with van der Waals surface area (Å²) >= 11 is 0. The first-order chi connectivity index (χ1) is 10.8. The predicted octanol–water partition coefficient (Wildman–Crippen LogP) is 4.05. The quantitative estimate of drug-likeness (QED) is 0.911. The maximum absolute atomic E-state index is 12.3. The number of hydrogen-bond acceptors (Lipinski definition) is 3. The van der Waals surface area contributed by atoms with Gasteiger partial charge < -0.3 is 15.0 Å². The number of carbonyl (C=O) groups is 1. The van der Waals surface area contributed by atoms with E-state index in [-0.39, 0.29) is 18.2 Å². The average molecular weight is 318 g/mol. The molecule has 1 heterocycles. The summed E-state index contributed by atoms with van der Waals surface area (Å²) in [6.45, 7) is 11.6. The highest BCUT2D eigenvalue weighted by Gasteiger charge is 2.32. The SMILES string of the molecule is Cc1ccc(C(C)NCC2CCCN2C(=O)OC(C)(C)C)cc1. The number of hydrogen-bond donors (Lipinski definition) is 1. The highest BCUT2D eigenvalue weighted by atomic mass is 16.6. The summed E-state index contributed by atoms with van der Waals surface area (Å²) in [5.41, 5.74) is 2.11. The fraction of sp³-hybridized carbons (Fsp3) is 0.632. The van der Waals surface area contributed by atoms with Crippen LogP contribution in [-0.2, 0) is 4.74 Å². The molecule has 1 amide bonds. The third-order valence-electron chi connectivity index (χ3n) is 4.24. The molecule has 1 aliphatic heterocycles. The molecule has 0 aromatic heterocycles. The van der Waals surface area contributed by atoms with E-state index < -0.39 is 5.60 Å². The Hall–Kier alpha value is -1.55. The summed E-state index contributed by atoms with van der Waals surface area (Å²) in [4.78, 5) is 14.2. The average Bonchev–Trinajstić information content (AvgIpc) is 2.92. The van der Waals surface area contributed by atoms with Crippen molar-refractivity contribution >= 4 is 6.09 Å². The lowest BCUT2D eigenvalue weighted by molar-refractivity contribution is 0.0225. The van der Waals surface area contributed by atoms with Crippen molar-refractivity contribution in [1.82, 2.24) is 10.2 Å². The predicted molar refractivity (Wildman–Crippen MR) is 93.6 cm³/mol. The molecule has 4 heteroatoms. The van der Waals surface area contributed by atoms with Gasteiger partial charge in [-0.2, -0.15) is 0 Å². The molecule has 1 aliphatic rings. The van der Waals surface area contributed by atoms with Crippen molar-refractivity contribution in [2.75, 3.05) is 13.1 Å². The molecule has 0 saturated carbocycles. The second-order valence-corrected chi connectivity index (χ2v) is 7.51. The maximum atomic E-state index is 12.3. The van der Waals surface area contributed by atoms with Crippen LogP contribution in [0.3, 0.4) is 0 Å². The van der Waals surface area contributed by atoms with Crippen LogP contribution in [-0.4, -0.2) is 35.7 Å². The van der Waals surface area contributed by atoms with Crippen molar-refractivity contribution in [1.29, 1.82) is 0 Å². The molecule has 2 atom stereocenters. The van der Waals surface area contributed by atoms with Gasteiger partial charge in [-0.05, 0) is 53.0 Å². The smallest absolute Gasteiger partial charge is 0.410 e. The van der Waals surface area contributed by atoms with E-state index in [4.69, 9.17) is 4.74 Å². The van der Waals surface area contributed by atoms with Crippen molar-refractivity contribution in [3.8, 4) is 0 Å². The number of nitrogens with zero attached hydrogens (tertiary/aromatic N) is 1. The molecule has 1 aromatic carbocycles. The molecule has 2 rings (SSSR count). The molecule has 1 saturated heterocycles. The Bertz CT molecular complexity index is 519. The Morgan fingerprint density at radius 1 is 1.35 bits per heavy atom. The van der Waals surface area contributed by atoms with Gasteiger partial charge in [-0.1, -0.05) is 29.8 Å². The monoisotopic (exact) mass is 318 g/mol. The molecule has 2 unspecified atom stereocenters. The van der Waals surface area contributed by atoms with Gasteiger partial charge >= 0.3 is 6.09 Å². The third-order valence-corrected chi connectivity index (χ3v) is 4.24. The normalized spacial score (nSPS) is 19.7. The molecule has 128 valence electrons. The summed E-state index contributed by atoms with van der Waals surface area (Å²) in [6.07, 6.45) is 1.89. The van der Waals surface area contributed by atoms with Crippen LogP contribution in [0.4, 0.5) is 4.79 Å². The van der Waals surface area contributed by atoms with Gasteiger partial charge in [0.25, 0.3) is 0 Å². The fourth-order valence-electron chi connectivity index (χ4n) is 2.89. The minimum Gasteiger partial charge on any atom is -0.444 e. The maximum Gasteiger partial charge on any atom is 0.410 e. The molecule has 0 aliphatic carbocycles. The van der Waals surface area contributed by atoms with Crippen LogP contribution >= 0.6 is 0 Å². The van der Waals surface area contributed by atoms with Crippen LogP contribution < -0.4 is 5.32 Å². The molecule has 1 N–H and O–H groups in total. The van der Waals surface area contributed by atoms with E-state index in [2.05, 4.69) is 43.4 Å². The van der Waals surface area contributed by atoms with Gasteiger partial charge in [0.1, 0.15) is 5.60 Å². The van der Waals surface area contributed by atoms with Gasteiger partial charge in [-0.25, -0.2) is 4.79 Å². The number of rotatable bonds is 4. The third kappa shape index (κ3) is 5.24. The lowest BCUT2D eigenvalue weighted by Crippen LogP contribution is -2.44. The standard InChI is InChI=1S/C19H30N2O2/c1-14-8-10-16(11-9-14)15(2)20-13-17-7-6-12-21(17)18(22)23-19(3,4)5/h8-11,15,17,20H,6-7,12-13H2,1-5H3. The summed E-state index contributed by atoms with van der Waals surface area (Å²) in [5.74, 6) is 0. The van der Waals surface area contributed by atoms with Crippen molar-refractivity contribution in [2.24, 2.45) is 0 Å². The highest BCUT2D eigenvalue weighted by molar-refractivity contribution is 5.69. The van der Waals surface area contributed by atoms with Crippen LogP contribution in [0.5, 0.6) is 0 Å². The van der Waals surface area contributed by atoms with Crippen molar-refractivity contribution in [3.05, 3.63) is 35.4 Å². The molecule has 1 aromatic rings. The lowest BCUT2D eigenvalue weighted by Gasteiger charge is -2.29. The highest BCUT2D eigenvalue weighted by Crippen LogP contribution is 2.21. The number of benzene rings is 1. The topological polar surface area (TPSA) is 41.6 Å². The number of amides is 1. The summed E-state index contributed by atoms with van der Waals surface area (Å²) in [6, 6.07) is 9.08. The molecular weight excluding hydrogens is 288 g/mol. The summed E-state index contributed by atoms with van der Waals surface area (Å²) in [7, 11) is 0. The van der Waals surface area contributed by atoms with Gasteiger partial charge in [-0.3, -0.25) is 0 Å². The van der Waals surface area contributed by atoms with E-state index in [1.807, 2.05) is 25.7 Å². The van der Waals surface area contributed by atoms with E-state index in [1.165, 1.54) is 11.1 Å². The Kier molecular flexibility index (Phi) is 5.69. The van der Waals surface area contributed by atoms with E-state index in [1.54, 1.807) is 0 Å². The lowest BCUT2D eigenvalue weighted by atomic mass is 10.1. The van der Waals surface area contributed by atoms with Crippen LogP contribution in [0.1, 0.15) is 57.7 Å². The van der Waals surface area contributed by atoms with Gasteiger partial charge in [-0.15, -0.1) is 0 Å². The Labute approximate surface area is 140 Å². The first kappa shape index (κ1) is 17.8. The van der Waals surface area contributed by atoms with E-state index >= 15 is 0 Å². The number of ether oxygens (including phenoxy) is 1. The second kappa shape index (κ2) is 7.35. The largest absolute Gasteiger partial charge is 0.444 e. The molecule has 0 spiro atoms. The zero-order valence-electron chi connectivity index (χ0n) is 15.1. The summed E-state index contributed by atoms with van der Waals surface area (Å²) in [5, 5.41) is 3.56. The van der Waals surface area contributed by atoms with Crippen LogP contribution in [0, 0.1) is 6.92 Å². The van der Waals surface area contributed by atoms with Crippen LogP contribution in [0.15, 0.2) is 24.3 Å². The minimum absolute atomic E-state index is 0.190. The number of likely N-dealkylation sites (tertiary alicyclic amines) is 1. The molecule has 23 heavy (non-hydrogen) atoms. The fourth-order valence-corrected chi connectivity index (χ4v) is 2.89. The van der Waals surface area contributed by atoms with Gasteiger partial charge in [0.05, 0.1) is 0 Å². The first-order valence-electron chi connectivity index (χ1n) is 8.56. The minimum atomic E-state index is -0.438. The van der Waals surface area contributed by atoms with E-state index in [0.29, 0.717) is 0 Å². The molecule has 0 bridgehead atoms. The van der Waals surface area contributed by atoms with E-state index in [0.717, 1.165) is 25.9 Å². The second-order valence-electron chi connectivity index (χ2n) is 7.51. The number of carbonyl (C=O) groups excluding carboxylic acids is 1. The first-order valence-corrected chi connectivity index (χ1v) is 8.56. The number of aryl methyl sites for hydroxylation is 1. The zero-order valence-corrected chi connectivity index (χ0v) is 15.1. The van der Waals surface area contributed by atoms with Crippen molar-refractivity contribution in [3.63, 3.8) is 0 Å². The van der Waals surface area contributed by atoms with Crippen LogP contribution in [0.2, 0.25) is 0 Å². The molecule has 4 nitrogen and oxygen atoms in total.